The molecule has 92 valence electrons. The van der Waals surface area contributed by atoms with Crippen LogP contribution >= 0.6 is 23.2 Å². The number of rotatable bonds is 4. The molecule has 1 fully saturated rings. The number of hydrogen-bond acceptors (Lipinski definition) is 0. The molecule has 0 nitrogen and oxygen atoms in total. The van der Waals surface area contributed by atoms with Crippen molar-refractivity contribution < 1.29 is 0 Å². The fraction of sp³-hybridized carbons (Fsp3) is 0.846. The second kappa shape index (κ2) is 4.33. The van der Waals surface area contributed by atoms with Crippen LogP contribution in [0, 0.1) is 17.8 Å². The van der Waals surface area contributed by atoms with Gasteiger partial charge >= 0.3 is 0 Å². The highest BCUT2D eigenvalue weighted by molar-refractivity contribution is 6.52. The van der Waals surface area contributed by atoms with E-state index in [4.69, 9.17) is 23.2 Å². The van der Waals surface area contributed by atoms with Crippen LogP contribution in [0.4, 0.5) is 0 Å². The van der Waals surface area contributed by atoms with Gasteiger partial charge in [0.2, 0.25) is 0 Å². The van der Waals surface area contributed by atoms with E-state index >= 15 is 0 Å². The minimum absolute atomic E-state index is 0.101. The number of alkyl halides is 2. The summed E-state index contributed by atoms with van der Waals surface area (Å²) in [5.74, 6) is 2.53. The third-order valence-electron chi connectivity index (χ3n) is 4.34. The molecule has 0 heterocycles. The van der Waals surface area contributed by atoms with E-state index in [1.54, 1.807) is 0 Å². The molecule has 2 bridgehead atoms. The van der Waals surface area contributed by atoms with Gasteiger partial charge in [-0.2, -0.15) is 0 Å². The summed E-state index contributed by atoms with van der Waals surface area (Å²) in [5, 5.41) is 0.101. The first-order valence-corrected chi connectivity index (χ1v) is 8.11. The summed E-state index contributed by atoms with van der Waals surface area (Å²) in [4.78, 5) is 0. The first kappa shape index (κ1) is 13.0. The molecular weight excluding hydrogens is 255 g/mol. The third kappa shape index (κ3) is 2.52. The van der Waals surface area contributed by atoms with Crippen molar-refractivity contribution in [1.82, 2.24) is 0 Å². The monoisotopic (exact) mass is 276 g/mol. The molecule has 0 aromatic heterocycles. The molecule has 0 N–H and O–H groups in total. The minimum atomic E-state index is -0.523. The first-order valence-electron chi connectivity index (χ1n) is 6.36. The lowest BCUT2D eigenvalue weighted by atomic mass is 9.87. The molecule has 0 amide bonds. The molecule has 0 aromatic rings. The van der Waals surface area contributed by atoms with Crippen molar-refractivity contribution >= 4 is 33.4 Å². The van der Waals surface area contributed by atoms with Crippen LogP contribution in [0.5, 0.6) is 0 Å². The maximum atomic E-state index is 6.48. The predicted octanol–water partition coefficient (Wildman–Crippen LogP) is 3.72. The average Bonchev–Trinajstić information content (AvgIpc) is 2.73. The predicted molar refractivity (Wildman–Crippen MR) is 76.5 cm³/mol. The van der Waals surface area contributed by atoms with Crippen LogP contribution in [0.25, 0.3) is 0 Å². The summed E-state index contributed by atoms with van der Waals surface area (Å²) in [6.45, 7) is 4.36. The maximum absolute atomic E-state index is 6.48. The molecule has 2 aliphatic carbocycles. The van der Waals surface area contributed by atoms with Gasteiger partial charge in [0.1, 0.15) is 4.33 Å². The first-order chi connectivity index (χ1) is 7.29. The van der Waals surface area contributed by atoms with Gasteiger partial charge in [0.15, 0.2) is 0 Å². The summed E-state index contributed by atoms with van der Waals surface area (Å²) in [6, 6.07) is 0. The van der Waals surface area contributed by atoms with Gasteiger partial charge in [-0.1, -0.05) is 26.0 Å². The Balaban J connectivity index is 1.86. The Bertz CT molecular complexity index is 291. The van der Waals surface area contributed by atoms with E-state index in [0.717, 1.165) is 34.4 Å². The molecule has 0 aromatic carbocycles. The van der Waals surface area contributed by atoms with Gasteiger partial charge in [0, 0.05) is 10.2 Å². The van der Waals surface area contributed by atoms with Crippen molar-refractivity contribution in [2.45, 2.75) is 48.9 Å². The molecule has 0 spiro atoms. The Labute approximate surface area is 112 Å². The number of allylic oxidation sites excluding steroid dienone is 2. The molecule has 0 aliphatic heterocycles. The third-order valence-corrected chi connectivity index (χ3v) is 7.34. The zero-order chi connectivity index (χ0) is 12.0. The number of halogens is 2. The average molecular weight is 277 g/mol. The van der Waals surface area contributed by atoms with Gasteiger partial charge in [0.05, 0.1) is 0 Å². The van der Waals surface area contributed by atoms with Crippen LogP contribution in [0.15, 0.2) is 12.2 Å². The quantitative estimate of drug-likeness (QED) is 0.417. The van der Waals surface area contributed by atoms with Crippen LogP contribution in [-0.2, 0) is 0 Å². The molecule has 1 saturated carbocycles. The van der Waals surface area contributed by atoms with Gasteiger partial charge in [0.25, 0.3) is 0 Å². The SMILES string of the molecule is CC(C)([SiH3])C(Cl)(Cl)CCC1CC2C=CC1C2. The van der Waals surface area contributed by atoms with Crippen molar-refractivity contribution in [1.29, 1.82) is 0 Å². The molecule has 0 saturated heterocycles. The Morgan fingerprint density at radius 2 is 1.94 bits per heavy atom. The molecule has 16 heavy (non-hydrogen) atoms. The highest BCUT2D eigenvalue weighted by Gasteiger charge is 2.41. The van der Waals surface area contributed by atoms with Crippen molar-refractivity contribution in [2.24, 2.45) is 17.8 Å². The Morgan fingerprint density at radius 1 is 1.25 bits per heavy atom. The number of hydrogen-bond donors (Lipinski definition) is 0. The standard InChI is InChI=1S/C13H22Cl2Si/c1-12(2,16)13(14,15)6-5-11-8-9-3-4-10(11)7-9/h3-4,9-11H,5-8H2,1-2,16H3. The van der Waals surface area contributed by atoms with E-state index in [1.165, 1.54) is 19.3 Å². The van der Waals surface area contributed by atoms with Gasteiger partial charge in [-0.05, 0) is 48.5 Å². The summed E-state index contributed by atoms with van der Waals surface area (Å²) in [6.07, 6.45) is 9.71. The Hall–Kier alpha value is 0.537. The summed E-state index contributed by atoms with van der Waals surface area (Å²) < 4.78 is -0.523. The van der Waals surface area contributed by atoms with Crippen LogP contribution in [0.3, 0.4) is 0 Å². The lowest BCUT2D eigenvalue weighted by molar-refractivity contribution is 0.377. The normalized spacial score (nSPS) is 33.9. The molecule has 2 aliphatic rings. The summed E-state index contributed by atoms with van der Waals surface area (Å²) in [5.41, 5.74) is 0. The van der Waals surface area contributed by atoms with E-state index in [1.807, 2.05) is 0 Å². The van der Waals surface area contributed by atoms with Crippen molar-refractivity contribution in [3.63, 3.8) is 0 Å². The van der Waals surface area contributed by atoms with Gasteiger partial charge in [-0.25, -0.2) is 0 Å². The molecule has 3 atom stereocenters. The smallest absolute Gasteiger partial charge is 0.101 e. The lowest BCUT2D eigenvalue weighted by Crippen LogP contribution is -2.29. The highest BCUT2D eigenvalue weighted by atomic mass is 35.5. The molecule has 3 unspecified atom stereocenters. The molecule has 0 radical (unpaired) electrons. The summed E-state index contributed by atoms with van der Waals surface area (Å²) in [7, 11) is 1.04. The van der Waals surface area contributed by atoms with Crippen LogP contribution in [-0.4, -0.2) is 14.6 Å². The van der Waals surface area contributed by atoms with Gasteiger partial charge < -0.3 is 0 Å². The zero-order valence-electron chi connectivity index (χ0n) is 10.5. The van der Waals surface area contributed by atoms with Crippen molar-refractivity contribution in [3.05, 3.63) is 12.2 Å². The van der Waals surface area contributed by atoms with Gasteiger partial charge in [-0.3, -0.25) is 0 Å². The highest BCUT2D eigenvalue weighted by Crippen LogP contribution is 2.51. The van der Waals surface area contributed by atoms with Crippen LogP contribution in [0.1, 0.15) is 39.5 Å². The molecule has 2 rings (SSSR count). The van der Waals surface area contributed by atoms with E-state index in [2.05, 4.69) is 26.0 Å². The molecule has 3 heteroatoms. The van der Waals surface area contributed by atoms with E-state index in [0.29, 0.717) is 0 Å². The van der Waals surface area contributed by atoms with E-state index in [9.17, 15) is 0 Å². The molecular formula is C13H22Cl2Si. The lowest BCUT2D eigenvalue weighted by Gasteiger charge is -2.35. The fourth-order valence-electron chi connectivity index (χ4n) is 2.97. The Kier molecular flexibility index (Phi) is 3.51. The topological polar surface area (TPSA) is 0 Å². The fourth-order valence-corrected chi connectivity index (χ4v) is 3.44. The maximum Gasteiger partial charge on any atom is 0.120 e. The van der Waals surface area contributed by atoms with Crippen LogP contribution in [0.2, 0.25) is 5.04 Å². The number of fused-ring (bicyclic) bond motifs is 2. The van der Waals surface area contributed by atoms with Gasteiger partial charge in [-0.15, -0.1) is 23.2 Å². The summed E-state index contributed by atoms with van der Waals surface area (Å²) >= 11 is 13.0. The second-order valence-corrected chi connectivity index (χ2v) is 10.5. The van der Waals surface area contributed by atoms with Crippen molar-refractivity contribution in [2.75, 3.05) is 0 Å². The van der Waals surface area contributed by atoms with Crippen LogP contribution < -0.4 is 0 Å². The zero-order valence-corrected chi connectivity index (χ0v) is 14.0. The minimum Gasteiger partial charge on any atom is -0.101 e. The largest absolute Gasteiger partial charge is 0.120 e. The van der Waals surface area contributed by atoms with E-state index < -0.39 is 4.33 Å². The van der Waals surface area contributed by atoms with Crippen molar-refractivity contribution in [3.8, 4) is 0 Å². The van der Waals surface area contributed by atoms with E-state index in [-0.39, 0.29) is 5.04 Å². The Morgan fingerprint density at radius 3 is 2.38 bits per heavy atom. The second-order valence-electron chi connectivity index (χ2n) is 6.53.